The molecule has 0 bridgehead atoms. The van der Waals surface area contributed by atoms with Gasteiger partial charge >= 0.3 is 6.36 Å². The molecule has 0 aliphatic rings. The number of thiazole rings is 1. The maximum absolute atomic E-state index is 12.2. The number of nitrogens with zero attached hydrogens (tertiary/aromatic N) is 1. The molecule has 0 aliphatic heterocycles. The zero-order valence-electron chi connectivity index (χ0n) is 14.8. The summed E-state index contributed by atoms with van der Waals surface area (Å²) in [5.41, 5.74) is 1.82. The first kappa shape index (κ1) is 20.9. The van der Waals surface area contributed by atoms with Gasteiger partial charge in [-0.05, 0) is 48.4 Å². The summed E-state index contributed by atoms with van der Waals surface area (Å²) in [6.07, 6.45) is -4.08. The number of nitrogens with one attached hydrogen (secondary N) is 2. The molecule has 10 heteroatoms. The molecule has 3 rings (SSSR count). The van der Waals surface area contributed by atoms with Crippen LogP contribution < -0.4 is 15.4 Å². The molecule has 0 atom stereocenters. The van der Waals surface area contributed by atoms with E-state index in [-0.39, 0.29) is 17.4 Å². The lowest BCUT2D eigenvalue weighted by Gasteiger charge is -2.09. The Morgan fingerprint density at radius 3 is 2.45 bits per heavy atom. The third-order valence-electron chi connectivity index (χ3n) is 3.69. The number of rotatable bonds is 7. The topological polar surface area (TPSA) is 63.2 Å². The van der Waals surface area contributed by atoms with E-state index in [4.69, 9.17) is 11.6 Å². The fourth-order valence-corrected chi connectivity index (χ4v) is 3.20. The Hall–Kier alpha value is -2.78. The van der Waals surface area contributed by atoms with Crippen LogP contribution in [0.3, 0.4) is 0 Å². The molecule has 0 aliphatic carbocycles. The summed E-state index contributed by atoms with van der Waals surface area (Å²) < 4.78 is 40.4. The molecule has 0 saturated heterocycles. The molecule has 2 aromatic carbocycles. The van der Waals surface area contributed by atoms with Crippen molar-refractivity contribution in [3.05, 3.63) is 70.2 Å². The Bertz CT molecular complexity index is 960. The number of amides is 1. The van der Waals surface area contributed by atoms with Crippen LogP contribution in [0.25, 0.3) is 0 Å². The number of ether oxygens (including phenoxy) is 1. The molecule has 0 radical (unpaired) electrons. The molecule has 29 heavy (non-hydrogen) atoms. The molecule has 5 nitrogen and oxygen atoms in total. The minimum absolute atomic E-state index is 0.255. The Morgan fingerprint density at radius 2 is 1.79 bits per heavy atom. The van der Waals surface area contributed by atoms with Crippen molar-refractivity contribution in [1.29, 1.82) is 0 Å². The van der Waals surface area contributed by atoms with Crippen molar-refractivity contribution in [3.8, 4) is 5.75 Å². The van der Waals surface area contributed by atoms with Crippen LogP contribution in [0.2, 0.25) is 5.02 Å². The normalized spacial score (nSPS) is 11.2. The number of benzene rings is 2. The van der Waals surface area contributed by atoms with Gasteiger partial charge < -0.3 is 15.4 Å². The van der Waals surface area contributed by atoms with E-state index in [1.807, 2.05) is 12.1 Å². The second-order valence-electron chi connectivity index (χ2n) is 5.87. The van der Waals surface area contributed by atoms with Gasteiger partial charge in [0.2, 0.25) is 0 Å². The maximum Gasteiger partial charge on any atom is 0.573 e. The van der Waals surface area contributed by atoms with E-state index < -0.39 is 6.36 Å². The summed E-state index contributed by atoms with van der Waals surface area (Å²) in [5.74, 6) is -0.625. The van der Waals surface area contributed by atoms with Gasteiger partial charge in [-0.25, -0.2) is 4.98 Å². The average Bonchev–Trinajstić information content (AvgIpc) is 3.12. The molecule has 0 fully saturated rings. The predicted octanol–water partition coefficient (Wildman–Crippen LogP) is 5.41. The zero-order chi connectivity index (χ0) is 20.9. The molecule has 1 aromatic heterocycles. The van der Waals surface area contributed by atoms with Gasteiger partial charge in [-0.1, -0.05) is 23.7 Å². The van der Waals surface area contributed by atoms with Crippen molar-refractivity contribution in [1.82, 2.24) is 10.3 Å². The Balaban J connectivity index is 1.50. The molecule has 0 unspecified atom stereocenters. The summed E-state index contributed by atoms with van der Waals surface area (Å²) >= 11 is 7.04. The number of carbonyl (C=O) groups is 1. The van der Waals surface area contributed by atoms with E-state index in [2.05, 4.69) is 20.4 Å². The van der Waals surface area contributed by atoms with Crippen LogP contribution in [0.5, 0.6) is 5.75 Å². The van der Waals surface area contributed by atoms with Crippen LogP contribution >= 0.6 is 22.9 Å². The number of hydrogen-bond acceptors (Lipinski definition) is 5. The number of anilines is 2. The van der Waals surface area contributed by atoms with Crippen LogP contribution in [0.15, 0.2) is 53.9 Å². The Kier molecular flexibility index (Phi) is 6.60. The van der Waals surface area contributed by atoms with Crippen molar-refractivity contribution < 1.29 is 22.7 Å². The Labute approximate surface area is 173 Å². The third kappa shape index (κ3) is 6.65. The lowest BCUT2D eigenvalue weighted by molar-refractivity contribution is -0.274. The van der Waals surface area contributed by atoms with Crippen molar-refractivity contribution in [3.63, 3.8) is 0 Å². The van der Waals surface area contributed by atoms with Crippen LogP contribution in [-0.4, -0.2) is 23.8 Å². The molecular formula is C19H15ClF3N3O2S. The molecule has 3 aromatic rings. The van der Waals surface area contributed by atoms with Crippen LogP contribution in [0, 0.1) is 0 Å². The molecule has 2 N–H and O–H groups in total. The van der Waals surface area contributed by atoms with Gasteiger partial charge in [0, 0.05) is 22.6 Å². The summed E-state index contributed by atoms with van der Waals surface area (Å²) in [6.45, 7) is 0.446. The van der Waals surface area contributed by atoms with Gasteiger partial charge in [-0.2, -0.15) is 0 Å². The van der Waals surface area contributed by atoms with Gasteiger partial charge in [-0.3, -0.25) is 4.79 Å². The molecule has 1 heterocycles. The molecule has 1 amide bonds. The first-order valence-electron chi connectivity index (χ1n) is 8.39. The van der Waals surface area contributed by atoms with E-state index >= 15 is 0 Å². The summed E-state index contributed by atoms with van der Waals surface area (Å²) in [5, 5.41) is 8.42. The summed E-state index contributed by atoms with van der Waals surface area (Å²) in [6, 6.07) is 12.6. The lowest BCUT2D eigenvalue weighted by atomic mass is 10.1. The van der Waals surface area contributed by atoms with Crippen molar-refractivity contribution in [2.75, 3.05) is 11.9 Å². The van der Waals surface area contributed by atoms with Crippen LogP contribution in [0.1, 0.15) is 16.1 Å². The molecule has 0 spiro atoms. The van der Waals surface area contributed by atoms with E-state index in [0.29, 0.717) is 28.8 Å². The van der Waals surface area contributed by atoms with Gasteiger partial charge in [0.25, 0.3) is 5.91 Å². The first-order valence-corrected chi connectivity index (χ1v) is 9.65. The minimum Gasteiger partial charge on any atom is -0.406 e. The number of hydrogen-bond donors (Lipinski definition) is 2. The standard InChI is InChI=1S/C19H15ClF3N3O2S/c20-13-3-1-12(2-4-13)9-10-24-17(27)16-11-29-18(26-16)25-14-5-7-15(8-6-14)28-19(21,22)23/h1-8,11H,9-10H2,(H,24,27)(H,25,26). The average molecular weight is 442 g/mol. The molecule has 0 saturated carbocycles. The third-order valence-corrected chi connectivity index (χ3v) is 4.70. The zero-order valence-corrected chi connectivity index (χ0v) is 16.4. The van der Waals surface area contributed by atoms with Gasteiger partial charge in [-0.15, -0.1) is 24.5 Å². The minimum atomic E-state index is -4.74. The van der Waals surface area contributed by atoms with E-state index in [9.17, 15) is 18.0 Å². The second-order valence-corrected chi connectivity index (χ2v) is 7.16. The lowest BCUT2D eigenvalue weighted by Crippen LogP contribution is -2.25. The van der Waals surface area contributed by atoms with E-state index in [1.54, 1.807) is 17.5 Å². The monoisotopic (exact) mass is 441 g/mol. The highest BCUT2D eigenvalue weighted by Gasteiger charge is 2.30. The second kappa shape index (κ2) is 9.15. The van der Waals surface area contributed by atoms with Gasteiger partial charge in [0.15, 0.2) is 5.13 Å². The van der Waals surface area contributed by atoms with Crippen LogP contribution in [-0.2, 0) is 6.42 Å². The van der Waals surface area contributed by atoms with Gasteiger partial charge in [0.1, 0.15) is 11.4 Å². The van der Waals surface area contributed by atoms with Crippen molar-refractivity contribution in [2.45, 2.75) is 12.8 Å². The highest BCUT2D eigenvalue weighted by molar-refractivity contribution is 7.14. The quantitative estimate of drug-likeness (QED) is 0.514. The number of alkyl halides is 3. The number of aromatic nitrogens is 1. The van der Waals surface area contributed by atoms with Crippen molar-refractivity contribution in [2.24, 2.45) is 0 Å². The predicted molar refractivity (Wildman–Crippen MR) is 106 cm³/mol. The summed E-state index contributed by atoms with van der Waals surface area (Å²) in [4.78, 5) is 16.4. The fourth-order valence-electron chi connectivity index (χ4n) is 2.36. The molecular weight excluding hydrogens is 427 g/mol. The SMILES string of the molecule is O=C(NCCc1ccc(Cl)cc1)c1csc(Nc2ccc(OC(F)(F)F)cc2)n1. The number of halogens is 4. The van der Waals surface area contributed by atoms with Gasteiger partial charge in [0.05, 0.1) is 0 Å². The highest BCUT2D eigenvalue weighted by Crippen LogP contribution is 2.26. The van der Waals surface area contributed by atoms with Crippen LogP contribution in [0.4, 0.5) is 24.0 Å². The van der Waals surface area contributed by atoms with Crippen molar-refractivity contribution >= 4 is 39.7 Å². The smallest absolute Gasteiger partial charge is 0.406 e. The first-order chi connectivity index (χ1) is 13.8. The number of carbonyl (C=O) groups excluding carboxylic acids is 1. The Morgan fingerprint density at radius 1 is 1.10 bits per heavy atom. The molecule has 152 valence electrons. The largest absolute Gasteiger partial charge is 0.573 e. The fraction of sp³-hybridized carbons (Fsp3) is 0.158. The highest BCUT2D eigenvalue weighted by atomic mass is 35.5. The van der Waals surface area contributed by atoms with E-state index in [1.165, 1.54) is 35.6 Å². The summed E-state index contributed by atoms with van der Waals surface area (Å²) in [7, 11) is 0. The maximum atomic E-state index is 12.2. The van der Waals surface area contributed by atoms with E-state index in [0.717, 1.165) is 5.56 Å².